The lowest BCUT2D eigenvalue weighted by Gasteiger charge is -2.29. The summed E-state index contributed by atoms with van der Waals surface area (Å²) in [4.78, 5) is 24.7. The fourth-order valence-corrected chi connectivity index (χ4v) is 4.88. The number of benzene rings is 2. The van der Waals surface area contributed by atoms with E-state index < -0.39 is 11.9 Å². The zero-order valence-corrected chi connectivity index (χ0v) is 19.9. The quantitative estimate of drug-likeness (QED) is 0.481. The molecular weight excluding hydrogens is 453 g/mol. The minimum Gasteiger partial charge on any atom is -0.335 e. The number of hydrogen-bond acceptors (Lipinski definition) is 5. The third-order valence-electron chi connectivity index (χ3n) is 6.02. The first-order valence-corrected chi connectivity index (χ1v) is 12.4. The lowest BCUT2D eigenvalue weighted by molar-refractivity contribution is -0.117. The molecule has 0 radical (unpaired) electrons. The Labute approximate surface area is 202 Å². The van der Waals surface area contributed by atoms with E-state index in [4.69, 9.17) is 0 Å². The van der Waals surface area contributed by atoms with Crippen LogP contribution in [0.25, 0.3) is 11.4 Å². The summed E-state index contributed by atoms with van der Waals surface area (Å²) in [6.45, 7) is 2.62. The van der Waals surface area contributed by atoms with Gasteiger partial charge >= 0.3 is 6.03 Å². The number of thioether (sulfide) groups is 1. The van der Waals surface area contributed by atoms with Crippen molar-refractivity contribution in [2.75, 3.05) is 5.75 Å². The SMILES string of the molecule is C[C@H]1CCCC[C@@H]1NC(=O)NC(=O)CSc1nnc(-c2ccc(F)cc2)n1Cc1ccccc1. The zero-order chi connectivity index (χ0) is 23.9. The fourth-order valence-electron chi connectivity index (χ4n) is 4.14. The smallest absolute Gasteiger partial charge is 0.321 e. The Morgan fingerprint density at radius 2 is 1.79 bits per heavy atom. The molecule has 9 heteroatoms. The van der Waals surface area contributed by atoms with Gasteiger partial charge in [-0.25, -0.2) is 9.18 Å². The Kier molecular flexibility index (Phi) is 7.95. The van der Waals surface area contributed by atoms with Crippen LogP contribution in [0.15, 0.2) is 59.8 Å². The molecule has 34 heavy (non-hydrogen) atoms. The van der Waals surface area contributed by atoms with E-state index in [2.05, 4.69) is 27.8 Å². The van der Waals surface area contributed by atoms with Crippen molar-refractivity contribution in [2.24, 2.45) is 5.92 Å². The van der Waals surface area contributed by atoms with Gasteiger partial charge in [0, 0.05) is 11.6 Å². The number of nitrogens with one attached hydrogen (secondary N) is 2. The molecule has 7 nitrogen and oxygen atoms in total. The zero-order valence-electron chi connectivity index (χ0n) is 19.0. The van der Waals surface area contributed by atoms with Crippen LogP contribution in [0.1, 0.15) is 38.2 Å². The van der Waals surface area contributed by atoms with E-state index in [9.17, 15) is 14.0 Å². The molecule has 1 aliphatic rings. The third kappa shape index (κ3) is 6.22. The van der Waals surface area contributed by atoms with Gasteiger partial charge in [-0.1, -0.05) is 61.9 Å². The molecule has 2 aromatic carbocycles. The molecule has 1 saturated carbocycles. The van der Waals surface area contributed by atoms with Crippen molar-refractivity contribution in [1.82, 2.24) is 25.4 Å². The van der Waals surface area contributed by atoms with E-state index in [0.29, 0.717) is 23.4 Å². The monoisotopic (exact) mass is 481 g/mol. The summed E-state index contributed by atoms with van der Waals surface area (Å²) in [5, 5.41) is 14.5. The summed E-state index contributed by atoms with van der Waals surface area (Å²) in [6, 6.07) is 15.5. The number of hydrogen-bond donors (Lipinski definition) is 2. The predicted octanol–water partition coefficient (Wildman–Crippen LogP) is 4.63. The topological polar surface area (TPSA) is 88.9 Å². The van der Waals surface area contributed by atoms with Gasteiger partial charge in [0.25, 0.3) is 0 Å². The molecule has 0 unspecified atom stereocenters. The molecule has 3 aromatic rings. The first kappa shape index (κ1) is 23.9. The third-order valence-corrected chi connectivity index (χ3v) is 6.98. The van der Waals surface area contributed by atoms with Crippen molar-refractivity contribution in [1.29, 1.82) is 0 Å². The molecule has 1 fully saturated rings. The summed E-state index contributed by atoms with van der Waals surface area (Å²) in [5.74, 6) is 0.277. The molecule has 1 aliphatic carbocycles. The summed E-state index contributed by atoms with van der Waals surface area (Å²) >= 11 is 1.20. The Balaban J connectivity index is 1.43. The Morgan fingerprint density at radius 1 is 1.06 bits per heavy atom. The van der Waals surface area contributed by atoms with Gasteiger partial charge in [-0.3, -0.25) is 14.7 Å². The molecule has 1 heterocycles. The van der Waals surface area contributed by atoms with Crippen LogP contribution in [0.3, 0.4) is 0 Å². The van der Waals surface area contributed by atoms with E-state index in [1.807, 2.05) is 34.9 Å². The van der Waals surface area contributed by atoms with Crippen molar-refractivity contribution < 1.29 is 14.0 Å². The van der Waals surface area contributed by atoms with Gasteiger partial charge in [-0.2, -0.15) is 0 Å². The van der Waals surface area contributed by atoms with Gasteiger partial charge in [0.15, 0.2) is 11.0 Å². The van der Waals surface area contributed by atoms with Crippen LogP contribution in [-0.2, 0) is 11.3 Å². The average Bonchev–Trinajstić information content (AvgIpc) is 3.22. The van der Waals surface area contributed by atoms with Crippen LogP contribution in [0.2, 0.25) is 0 Å². The molecule has 0 saturated heterocycles. The maximum Gasteiger partial charge on any atom is 0.321 e. The van der Waals surface area contributed by atoms with Crippen LogP contribution in [0.5, 0.6) is 0 Å². The Hall–Kier alpha value is -3.20. The highest BCUT2D eigenvalue weighted by atomic mass is 32.2. The Bertz CT molecular complexity index is 1120. The second-order valence-corrected chi connectivity index (χ2v) is 9.51. The van der Waals surface area contributed by atoms with Gasteiger partial charge in [0.1, 0.15) is 5.82 Å². The van der Waals surface area contributed by atoms with Crippen molar-refractivity contribution in [2.45, 2.75) is 50.4 Å². The molecule has 0 bridgehead atoms. The van der Waals surface area contributed by atoms with E-state index >= 15 is 0 Å². The van der Waals surface area contributed by atoms with Crippen LogP contribution < -0.4 is 10.6 Å². The first-order valence-electron chi connectivity index (χ1n) is 11.5. The fraction of sp³-hybridized carbons (Fsp3) is 0.360. The van der Waals surface area contributed by atoms with Gasteiger partial charge < -0.3 is 5.32 Å². The van der Waals surface area contributed by atoms with E-state index in [-0.39, 0.29) is 17.6 Å². The highest BCUT2D eigenvalue weighted by Gasteiger charge is 2.23. The minimum absolute atomic E-state index is 0.0178. The summed E-state index contributed by atoms with van der Waals surface area (Å²) in [7, 11) is 0. The van der Waals surface area contributed by atoms with E-state index in [1.165, 1.54) is 30.3 Å². The number of halogens is 1. The van der Waals surface area contributed by atoms with E-state index in [0.717, 1.165) is 30.4 Å². The molecular formula is C25H28FN5O2S. The predicted molar refractivity (Wildman–Crippen MR) is 130 cm³/mol. The van der Waals surface area contributed by atoms with Gasteiger partial charge in [-0.05, 0) is 48.6 Å². The second kappa shape index (κ2) is 11.3. The van der Waals surface area contributed by atoms with Crippen molar-refractivity contribution >= 4 is 23.7 Å². The molecule has 1 aromatic heterocycles. The first-order chi connectivity index (χ1) is 16.5. The number of urea groups is 1. The molecule has 178 valence electrons. The van der Waals surface area contributed by atoms with E-state index in [1.54, 1.807) is 12.1 Å². The molecule has 0 aliphatic heterocycles. The number of aromatic nitrogens is 3. The maximum absolute atomic E-state index is 13.4. The lowest BCUT2D eigenvalue weighted by atomic mass is 9.86. The van der Waals surface area contributed by atoms with Crippen molar-refractivity contribution in [3.05, 3.63) is 66.0 Å². The number of rotatable bonds is 7. The molecule has 0 spiro atoms. The largest absolute Gasteiger partial charge is 0.335 e. The highest BCUT2D eigenvalue weighted by Crippen LogP contribution is 2.26. The summed E-state index contributed by atoms with van der Waals surface area (Å²) < 4.78 is 15.3. The van der Waals surface area contributed by atoms with Crippen LogP contribution >= 0.6 is 11.8 Å². The van der Waals surface area contributed by atoms with Gasteiger partial charge in [0.05, 0.1) is 12.3 Å². The molecule has 4 rings (SSSR count). The normalized spacial score (nSPS) is 17.8. The number of nitrogens with zero attached hydrogens (tertiary/aromatic N) is 3. The van der Waals surface area contributed by atoms with Crippen molar-refractivity contribution in [3.8, 4) is 11.4 Å². The number of amides is 3. The number of carbonyl (C=O) groups is 2. The minimum atomic E-state index is -0.456. The van der Waals surface area contributed by atoms with Crippen LogP contribution in [0, 0.1) is 11.7 Å². The second-order valence-electron chi connectivity index (χ2n) is 8.56. The summed E-state index contributed by atoms with van der Waals surface area (Å²) in [6.07, 6.45) is 4.29. The molecule has 3 amide bonds. The average molecular weight is 482 g/mol. The van der Waals surface area contributed by atoms with Crippen molar-refractivity contribution in [3.63, 3.8) is 0 Å². The van der Waals surface area contributed by atoms with Gasteiger partial charge in [-0.15, -0.1) is 10.2 Å². The number of carbonyl (C=O) groups excluding carboxylic acids is 2. The molecule has 2 atom stereocenters. The highest BCUT2D eigenvalue weighted by molar-refractivity contribution is 7.99. The van der Waals surface area contributed by atoms with Crippen LogP contribution in [-0.4, -0.2) is 38.5 Å². The maximum atomic E-state index is 13.4. The molecule has 2 N–H and O–H groups in total. The standard InChI is InChI=1S/C25H28FN5O2S/c1-17-7-5-6-10-21(17)27-24(33)28-22(32)16-34-25-30-29-23(19-11-13-20(26)14-12-19)31(25)15-18-8-3-2-4-9-18/h2-4,8-9,11-14,17,21H,5-7,10,15-16H2,1H3,(H2,27,28,32,33)/t17-,21-/m0/s1. The van der Waals surface area contributed by atoms with Gasteiger partial charge in [0.2, 0.25) is 5.91 Å². The Morgan fingerprint density at radius 3 is 2.53 bits per heavy atom. The van der Waals surface area contributed by atoms with Crippen LogP contribution in [0.4, 0.5) is 9.18 Å². The lowest BCUT2D eigenvalue weighted by Crippen LogP contribution is -2.48. The number of imide groups is 1. The summed E-state index contributed by atoms with van der Waals surface area (Å²) in [5.41, 5.74) is 1.76.